The van der Waals surface area contributed by atoms with Crippen LogP contribution in [0, 0.1) is 6.92 Å². The molecule has 3 heteroatoms. The summed E-state index contributed by atoms with van der Waals surface area (Å²) in [5.41, 5.74) is 2.21. The molecule has 0 spiro atoms. The number of rotatable bonds is 5. The standard InChI is InChI=1S/C14H22ClNO/c1-9(2)16-11(4)7-12-8-13(15)10(3)6-14(12)17-5/h6,8-9,11,16H,7H2,1-5H3. The largest absolute Gasteiger partial charge is 0.496 e. The molecule has 0 saturated carbocycles. The highest BCUT2D eigenvalue weighted by molar-refractivity contribution is 6.31. The Hall–Kier alpha value is -0.730. The van der Waals surface area contributed by atoms with Crippen LogP contribution in [0.2, 0.25) is 5.02 Å². The van der Waals surface area contributed by atoms with Crippen molar-refractivity contribution in [1.82, 2.24) is 5.32 Å². The number of ether oxygens (including phenoxy) is 1. The van der Waals surface area contributed by atoms with Crippen LogP contribution >= 0.6 is 11.6 Å². The molecule has 96 valence electrons. The van der Waals surface area contributed by atoms with E-state index in [1.54, 1.807) is 7.11 Å². The van der Waals surface area contributed by atoms with E-state index in [0.29, 0.717) is 12.1 Å². The lowest BCUT2D eigenvalue weighted by atomic mass is 10.0. The fourth-order valence-electron chi connectivity index (χ4n) is 2.00. The first-order valence-corrected chi connectivity index (χ1v) is 6.41. The van der Waals surface area contributed by atoms with E-state index in [9.17, 15) is 0 Å². The van der Waals surface area contributed by atoms with Gasteiger partial charge in [-0.2, -0.15) is 0 Å². The zero-order chi connectivity index (χ0) is 13.0. The van der Waals surface area contributed by atoms with Crippen molar-refractivity contribution in [2.24, 2.45) is 0 Å². The van der Waals surface area contributed by atoms with Crippen molar-refractivity contribution in [2.75, 3.05) is 7.11 Å². The van der Waals surface area contributed by atoms with Gasteiger partial charge in [0, 0.05) is 17.1 Å². The second-order valence-electron chi connectivity index (χ2n) is 4.84. The summed E-state index contributed by atoms with van der Waals surface area (Å²) in [4.78, 5) is 0. The Kier molecular flexibility index (Phi) is 5.29. The Morgan fingerprint density at radius 1 is 1.29 bits per heavy atom. The van der Waals surface area contributed by atoms with Crippen molar-refractivity contribution >= 4 is 11.6 Å². The van der Waals surface area contributed by atoms with E-state index in [-0.39, 0.29) is 0 Å². The molecule has 1 unspecified atom stereocenters. The summed E-state index contributed by atoms with van der Waals surface area (Å²) in [7, 11) is 1.70. The van der Waals surface area contributed by atoms with Gasteiger partial charge in [0.25, 0.3) is 0 Å². The first-order chi connectivity index (χ1) is 7.93. The predicted octanol–water partition coefficient (Wildman–Crippen LogP) is 3.59. The predicted molar refractivity (Wildman–Crippen MR) is 74.2 cm³/mol. The second kappa shape index (κ2) is 6.27. The maximum absolute atomic E-state index is 6.16. The van der Waals surface area contributed by atoms with Crippen LogP contribution in [0.4, 0.5) is 0 Å². The molecule has 1 atom stereocenters. The minimum Gasteiger partial charge on any atom is -0.496 e. The van der Waals surface area contributed by atoms with Crippen LogP contribution in [0.3, 0.4) is 0 Å². The fourth-order valence-corrected chi connectivity index (χ4v) is 2.19. The van der Waals surface area contributed by atoms with Crippen LogP contribution in [-0.4, -0.2) is 19.2 Å². The summed E-state index contributed by atoms with van der Waals surface area (Å²) in [6, 6.07) is 4.90. The minimum absolute atomic E-state index is 0.405. The van der Waals surface area contributed by atoms with Gasteiger partial charge in [0.2, 0.25) is 0 Å². The lowest BCUT2D eigenvalue weighted by molar-refractivity contribution is 0.403. The maximum atomic E-state index is 6.16. The smallest absolute Gasteiger partial charge is 0.122 e. The summed E-state index contributed by atoms with van der Waals surface area (Å²) < 4.78 is 5.40. The van der Waals surface area contributed by atoms with Gasteiger partial charge < -0.3 is 10.1 Å². The number of benzene rings is 1. The molecule has 0 radical (unpaired) electrons. The molecule has 0 saturated heterocycles. The minimum atomic E-state index is 0.405. The topological polar surface area (TPSA) is 21.3 Å². The van der Waals surface area contributed by atoms with Gasteiger partial charge in [-0.3, -0.25) is 0 Å². The summed E-state index contributed by atoms with van der Waals surface area (Å²) >= 11 is 6.16. The zero-order valence-electron chi connectivity index (χ0n) is 11.3. The Balaban J connectivity index is 2.86. The lowest BCUT2D eigenvalue weighted by Crippen LogP contribution is -2.33. The number of hydrogen-bond acceptors (Lipinski definition) is 2. The quantitative estimate of drug-likeness (QED) is 0.868. The molecular formula is C14H22ClNO. The van der Waals surface area contributed by atoms with Gasteiger partial charge >= 0.3 is 0 Å². The van der Waals surface area contributed by atoms with Crippen LogP contribution in [0.15, 0.2) is 12.1 Å². The van der Waals surface area contributed by atoms with E-state index in [1.165, 1.54) is 0 Å². The molecule has 0 aliphatic carbocycles. The average molecular weight is 256 g/mol. The SMILES string of the molecule is COc1cc(C)c(Cl)cc1CC(C)NC(C)C. The summed E-state index contributed by atoms with van der Waals surface area (Å²) in [5, 5.41) is 4.28. The monoisotopic (exact) mass is 255 g/mol. The van der Waals surface area contributed by atoms with E-state index in [0.717, 1.165) is 28.3 Å². The molecule has 0 aromatic heterocycles. The van der Waals surface area contributed by atoms with Gasteiger partial charge in [-0.05, 0) is 43.5 Å². The van der Waals surface area contributed by atoms with Gasteiger partial charge in [0.15, 0.2) is 0 Å². The van der Waals surface area contributed by atoms with Crippen molar-refractivity contribution in [3.05, 3.63) is 28.3 Å². The normalized spacial score (nSPS) is 12.9. The average Bonchev–Trinajstić information content (AvgIpc) is 2.21. The van der Waals surface area contributed by atoms with Gasteiger partial charge in [-0.25, -0.2) is 0 Å². The van der Waals surface area contributed by atoms with Gasteiger partial charge in [-0.1, -0.05) is 25.4 Å². The summed E-state index contributed by atoms with van der Waals surface area (Å²) in [6.45, 7) is 8.46. The number of nitrogens with one attached hydrogen (secondary N) is 1. The van der Waals surface area contributed by atoms with Gasteiger partial charge in [0.05, 0.1) is 7.11 Å². The molecule has 17 heavy (non-hydrogen) atoms. The van der Waals surface area contributed by atoms with Crippen LogP contribution in [-0.2, 0) is 6.42 Å². The maximum Gasteiger partial charge on any atom is 0.122 e. The molecule has 1 aromatic carbocycles. The van der Waals surface area contributed by atoms with Crippen LogP contribution in [0.5, 0.6) is 5.75 Å². The first kappa shape index (κ1) is 14.3. The van der Waals surface area contributed by atoms with E-state index in [1.807, 2.05) is 19.1 Å². The third-order valence-corrected chi connectivity index (χ3v) is 3.11. The zero-order valence-corrected chi connectivity index (χ0v) is 12.1. The highest BCUT2D eigenvalue weighted by Crippen LogP contribution is 2.27. The number of hydrogen-bond donors (Lipinski definition) is 1. The molecule has 1 aromatic rings. The second-order valence-corrected chi connectivity index (χ2v) is 5.25. The van der Waals surface area contributed by atoms with E-state index >= 15 is 0 Å². The van der Waals surface area contributed by atoms with E-state index in [2.05, 4.69) is 26.1 Å². The molecule has 0 aliphatic heterocycles. The van der Waals surface area contributed by atoms with Crippen molar-refractivity contribution in [3.63, 3.8) is 0 Å². The molecular weight excluding hydrogens is 234 g/mol. The van der Waals surface area contributed by atoms with Gasteiger partial charge in [0.1, 0.15) is 5.75 Å². The van der Waals surface area contributed by atoms with Crippen LogP contribution in [0.1, 0.15) is 31.9 Å². The fraction of sp³-hybridized carbons (Fsp3) is 0.571. The molecule has 0 heterocycles. The van der Waals surface area contributed by atoms with Crippen molar-refractivity contribution < 1.29 is 4.74 Å². The number of halogens is 1. The molecule has 0 aliphatic rings. The van der Waals surface area contributed by atoms with Gasteiger partial charge in [-0.15, -0.1) is 0 Å². The van der Waals surface area contributed by atoms with Crippen molar-refractivity contribution in [1.29, 1.82) is 0 Å². The van der Waals surface area contributed by atoms with E-state index < -0.39 is 0 Å². The molecule has 0 amide bonds. The van der Waals surface area contributed by atoms with Crippen LogP contribution in [0.25, 0.3) is 0 Å². The van der Waals surface area contributed by atoms with Crippen molar-refractivity contribution in [3.8, 4) is 5.75 Å². The Labute approximate surface area is 109 Å². The summed E-state index contributed by atoms with van der Waals surface area (Å²) in [6.07, 6.45) is 0.918. The number of methoxy groups -OCH3 is 1. The molecule has 2 nitrogen and oxygen atoms in total. The highest BCUT2D eigenvalue weighted by Gasteiger charge is 2.11. The molecule has 0 bridgehead atoms. The first-order valence-electron chi connectivity index (χ1n) is 6.03. The van der Waals surface area contributed by atoms with Crippen molar-refractivity contribution in [2.45, 2.75) is 46.2 Å². The van der Waals surface area contributed by atoms with Crippen LogP contribution < -0.4 is 10.1 Å². The highest BCUT2D eigenvalue weighted by atomic mass is 35.5. The molecule has 1 N–H and O–H groups in total. The lowest BCUT2D eigenvalue weighted by Gasteiger charge is -2.19. The molecule has 1 rings (SSSR count). The Morgan fingerprint density at radius 2 is 1.94 bits per heavy atom. The Bertz CT molecular complexity index is 377. The summed E-state index contributed by atoms with van der Waals surface area (Å²) in [5.74, 6) is 0.921. The third kappa shape index (κ3) is 4.21. The Morgan fingerprint density at radius 3 is 2.47 bits per heavy atom. The van der Waals surface area contributed by atoms with E-state index in [4.69, 9.17) is 16.3 Å². The molecule has 0 fully saturated rings. The third-order valence-electron chi connectivity index (χ3n) is 2.71. The number of aryl methyl sites for hydroxylation is 1.